The standard InChI is InChI=1S/C23H32N2O4/c1-28-20-10-9-18(16-21(20)29-2)23(27)25-14-12-19(13-15-25)24-22(26)11-8-17-6-4-3-5-7-17/h8-11,16-17,19H,3-7,12-15H2,1-2H3,(H,24,26)/b11-8+. The summed E-state index contributed by atoms with van der Waals surface area (Å²) in [5.74, 6) is 1.67. The number of amides is 2. The van der Waals surface area contributed by atoms with Gasteiger partial charge < -0.3 is 19.7 Å². The van der Waals surface area contributed by atoms with Gasteiger partial charge in [0.2, 0.25) is 5.91 Å². The molecule has 0 unspecified atom stereocenters. The molecule has 2 aliphatic rings. The van der Waals surface area contributed by atoms with Crippen molar-refractivity contribution >= 4 is 11.8 Å². The average molecular weight is 401 g/mol. The summed E-state index contributed by atoms with van der Waals surface area (Å²) >= 11 is 0. The van der Waals surface area contributed by atoms with Gasteiger partial charge in [0.25, 0.3) is 5.91 Å². The Balaban J connectivity index is 1.47. The molecule has 1 aliphatic heterocycles. The van der Waals surface area contributed by atoms with Gasteiger partial charge in [0, 0.05) is 24.7 Å². The summed E-state index contributed by atoms with van der Waals surface area (Å²) in [6, 6.07) is 5.34. The largest absolute Gasteiger partial charge is 0.493 e. The van der Waals surface area contributed by atoms with Crippen LogP contribution in [-0.2, 0) is 4.79 Å². The van der Waals surface area contributed by atoms with Gasteiger partial charge in [-0.3, -0.25) is 9.59 Å². The van der Waals surface area contributed by atoms with E-state index >= 15 is 0 Å². The van der Waals surface area contributed by atoms with Crippen LogP contribution >= 0.6 is 0 Å². The number of nitrogens with zero attached hydrogens (tertiary/aromatic N) is 1. The minimum Gasteiger partial charge on any atom is -0.493 e. The van der Waals surface area contributed by atoms with Gasteiger partial charge in [-0.1, -0.05) is 25.3 Å². The second kappa shape index (κ2) is 10.3. The zero-order chi connectivity index (χ0) is 20.6. The molecule has 1 aromatic carbocycles. The maximum absolute atomic E-state index is 12.8. The van der Waals surface area contributed by atoms with Gasteiger partial charge in [0.05, 0.1) is 14.2 Å². The van der Waals surface area contributed by atoms with Crippen LogP contribution in [0.25, 0.3) is 0 Å². The number of allylic oxidation sites excluding steroid dienone is 1. The van der Waals surface area contributed by atoms with Crippen molar-refractivity contribution in [2.75, 3.05) is 27.3 Å². The Bertz CT molecular complexity index is 732. The second-order valence-electron chi connectivity index (χ2n) is 7.90. The molecule has 1 saturated carbocycles. The number of hydrogen-bond acceptors (Lipinski definition) is 4. The Hall–Kier alpha value is -2.50. The monoisotopic (exact) mass is 400 g/mol. The summed E-state index contributed by atoms with van der Waals surface area (Å²) in [7, 11) is 3.13. The molecule has 0 spiro atoms. The van der Waals surface area contributed by atoms with Crippen molar-refractivity contribution in [3.63, 3.8) is 0 Å². The number of nitrogens with one attached hydrogen (secondary N) is 1. The van der Waals surface area contributed by atoms with Crippen molar-refractivity contribution in [2.45, 2.75) is 51.0 Å². The van der Waals surface area contributed by atoms with Crippen LogP contribution in [0.4, 0.5) is 0 Å². The van der Waals surface area contributed by atoms with Crippen LogP contribution in [0.1, 0.15) is 55.3 Å². The molecule has 1 N–H and O–H groups in total. The zero-order valence-electron chi connectivity index (χ0n) is 17.5. The highest BCUT2D eigenvalue weighted by molar-refractivity contribution is 5.95. The molecule has 1 heterocycles. The highest BCUT2D eigenvalue weighted by Crippen LogP contribution is 2.28. The van der Waals surface area contributed by atoms with Gasteiger partial charge in [-0.2, -0.15) is 0 Å². The summed E-state index contributed by atoms with van der Waals surface area (Å²) < 4.78 is 10.5. The van der Waals surface area contributed by atoms with Gasteiger partial charge in [-0.15, -0.1) is 0 Å². The topological polar surface area (TPSA) is 67.9 Å². The summed E-state index contributed by atoms with van der Waals surface area (Å²) in [5, 5.41) is 3.09. The quantitative estimate of drug-likeness (QED) is 0.742. The van der Waals surface area contributed by atoms with E-state index in [1.54, 1.807) is 38.5 Å². The van der Waals surface area contributed by atoms with E-state index < -0.39 is 0 Å². The van der Waals surface area contributed by atoms with E-state index in [1.807, 2.05) is 4.90 Å². The predicted octanol–water partition coefficient (Wildman–Crippen LogP) is 3.56. The SMILES string of the molecule is COc1ccc(C(=O)N2CCC(NC(=O)/C=C/C3CCCCC3)CC2)cc1OC. The molecule has 0 bridgehead atoms. The van der Waals surface area contributed by atoms with Crippen molar-refractivity contribution < 1.29 is 19.1 Å². The molecule has 1 aliphatic carbocycles. The first-order chi connectivity index (χ1) is 14.1. The molecule has 2 amide bonds. The number of benzene rings is 1. The van der Waals surface area contributed by atoms with Crippen molar-refractivity contribution in [1.82, 2.24) is 10.2 Å². The Kier molecular flexibility index (Phi) is 7.55. The summed E-state index contributed by atoms with van der Waals surface area (Å²) in [6.07, 6.45) is 11.6. The third-order valence-corrected chi connectivity index (χ3v) is 5.93. The van der Waals surface area contributed by atoms with Crippen molar-refractivity contribution in [2.24, 2.45) is 5.92 Å². The minimum absolute atomic E-state index is 0.0137. The fraction of sp³-hybridized carbons (Fsp3) is 0.565. The summed E-state index contributed by atoms with van der Waals surface area (Å²) in [6.45, 7) is 1.26. The number of hydrogen-bond donors (Lipinski definition) is 1. The number of piperidine rings is 1. The van der Waals surface area contributed by atoms with E-state index in [9.17, 15) is 9.59 Å². The highest BCUT2D eigenvalue weighted by atomic mass is 16.5. The number of rotatable bonds is 6. The van der Waals surface area contributed by atoms with Crippen LogP contribution in [0.3, 0.4) is 0 Å². The third kappa shape index (κ3) is 5.75. The fourth-order valence-electron chi connectivity index (χ4n) is 4.18. The van der Waals surface area contributed by atoms with Crippen LogP contribution < -0.4 is 14.8 Å². The van der Waals surface area contributed by atoms with Crippen molar-refractivity contribution in [3.8, 4) is 11.5 Å². The summed E-state index contributed by atoms with van der Waals surface area (Å²) in [5.41, 5.74) is 0.584. The molecule has 6 heteroatoms. The molecule has 3 rings (SSSR count). The zero-order valence-corrected chi connectivity index (χ0v) is 17.5. The Morgan fingerprint density at radius 3 is 2.34 bits per heavy atom. The summed E-state index contributed by atoms with van der Waals surface area (Å²) in [4.78, 5) is 26.9. The van der Waals surface area contributed by atoms with E-state index in [2.05, 4.69) is 11.4 Å². The van der Waals surface area contributed by atoms with Crippen LogP contribution in [0.5, 0.6) is 11.5 Å². The van der Waals surface area contributed by atoms with E-state index in [4.69, 9.17) is 9.47 Å². The second-order valence-corrected chi connectivity index (χ2v) is 7.90. The fourth-order valence-corrected chi connectivity index (χ4v) is 4.18. The number of ether oxygens (including phenoxy) is 2. The van der Waals surface area contributed by atoms with E-state index in [1.165, 1.54) is 32.1 Å². The highest BCUT2D eigenvalue weighted by Gasteiger charge is 2.25. The lowest BCUT2D eigenvalue weighted by atomic mass is 9.89. The van der Waals surface area contributed by atoms with Crippen LogP contribution in [-0.4, -0.2) is 50.1 Å². The first-order valence-corrected chi connectivity index (χ1v) is 10.6. The molecular weight excluding hydrogens is 368 g/mol. The third-order valence-electron chi connectivity index (χ3n) is 5.93. The lowest BCUT2D eigenvalue weighted by Crippen LogP contribution is -2.46. The smallest absolute Gasteiger partial charge is 0.253 e. The van der Waals surface area contributed by atoms with Crippen LogP contribution in [0, 0.1) is 5.92 Å². The maximum Gasteiger partial charge on any atom is 0.253 e. The number of carbonyl (C=O) groups excluding carboxylic acids is 2. The lowest BCUT2D eigenvalue weighted by molar-refractivity contribution is -0.117. The van der Waals surface area contributed by atoms with Gasteiger partial charge in [-0.05, 0) is 55.9 Å². The number of carbonyl (C=O) groups is 2. The van der Waals surface area contributed by atoms with Crippen LogP contribution in [0.2, 0.25) is 0 Å². The van der Waals surface area contributed by atoms with E-state index in [-0.39, 0.29) is 17.9 Å². The van der Waals surface area contributed by atoms with Crippen molar-refractivity contribution in [1.29, 1.82) is 0 Å². The molecular formula is C23H32N2O4. The van der Waals surface area contributed by atoms with Crippen molar-refractivity contribution in [3.05, 3.63) is 35.9 Å². The van der Waals surface area contributed by atoms with E-state index in [0.29, 0.717) is 36.1 Å². The molecule has 1 aromatic rings. The predicted molar refractivity (Wildman–Crippen MR) is 112 cm³/mol. The Morgan fingerprint density at radius 1 is 1.00 bits per heavy atom. The Labute approximate surface area is 173 Å². The molecule has 0 aromatic heterocycles. The molecule has 0 atom stereocenters. The molecule has 29 heavy (non-hydrogen) atoms. The van der Waals surface area contributed by atoms with Gasteiger partial charge >= 0.3 is 0 Å². The average Bonchev–Trinajstić information content (AvgIpc) is 2.78. The van der Waals surface area contributed by atoms with Gasteiger partial charge in [0.15, 0.2) is 11.5 Å². The number of likely N-dealkylation sites (tertiary alicyclic amines) is 1. The van der Waals surface area contributed by atoms with Gasteiger partial charge in [-0.25, -0.2) is 0 Å². The van der Waals surface area contributed by atoms with Gasteiger partial charge in [0.1, 0.15) is 0 Å². The molecule has 6 nitrogen and oxygen atoms in total. The minimum atomic E-state index is -0.0204. The van der Waals surface area contributed by atoms with E-state index in [0.717, 1.165) is 12.8 Å². The molecule has 158 valence electrons. The lowest BCUT2D eigenvalue weighted by Gasteiger charge is -2.32. The Morgan fingerprint density at radius 2 is 1.69 bits per heavy atom. The molecule has 0 radical (unpaired) electrons. The number of methoxy groups -OCH3 is 2. The molecule has 1 saturated heterocycles. The normalized spacial score (nSPS) is 18.6. The first kappa shape index (κ1) is 21.2. The maximum atomic E-state index is 12.8. The van der Waals surface area contributed by atoms with Crippen LogP contribution in [0.15, 0.2) is 30.4 Å². The molecule has 2 fully saturated rings. The first-order valence-electron chi connectivity index (χ1n) is 10.6.